The summed E-state index contributed by atoms with van der Waals surface area (Å²) in [6.07, 6.45) is 0. The molecule has 0 aliphatic rings. The van der Waals surface area contributed by atoms with Crippen LogP contribution in [0.4, 0.5) is 0 Å². The van der Waals surface area contributed by atoms with E-state index >= 15 is 0 Å². The molecule has 2 aromatic carbocycles. The first-order valence-electron chi connectivity index (χ1n) is 8.06. The van der Waals surface area contributed by atoms with E-state index in [2.05, 4.69) is 90.1 Å². The van der Waals surface area contributed by atoms with Crippen LogP contribution in [0.2, 0.25) is 0 Å². The predicted octanol–water partition coefficient (Wildman–Crippen LogP) is 8.99. The zero-order valence-electron chi connectivity index (χ0n) is 16.0. The number of halogens is 4. The van der Waals surface area contributed by atoms with Gasteiger partial charge < -0.3 is 0 Å². The Balaban J connectivity index is 0. The van der Waals surface area contributed by atoms with Crippen LogP contribution in [0.1, 0.15) is 61.8 Å². The molecule has 2 rings (SSSR count). The molecule has 0 aromatic heterocycles. The summed E-state index contributed by atoms with van der Waals surface area (Å²) in [5.41, 5.74) is 5.52. The minimum absolute atomic E-state index is 0.639. The van der Waals surface area contributed by atoms with E-state index in [1.54, 1.807) is 0 Å². The summed E-state index contributed by atoms with van der Waals surface area (Å²) >= 11 is -1.28. The van der Waals surface area contributed by atoms with Gasteiger partial charge in [-0.25, -0.2) is 0 Å². The molecule has 0 bridgehead atoms. The van der Waals surface area contributed by atoms with E-state index in [1.165, 1.54) is 22.3 Å². The normalized spacial score (nSPS) is 9.69. The van der Waals surface area contributed by atoms with Gasteiger partial charge in [-0.05, 0) is 36.8 Å². The van der Waals surface area contributed by atoms with Crippen molar-refractivity contribution in [2.24, 2.45) is 0 Å². The van der Waals surface area contributed by atoms with Gasteiger partial charge in [0.15, 0.2) is 0 Å². The average Bonchev–Trinajstić information content (AvgIpc) is 2.58. The number of rotatable bonds is 2. The van der Waals surface area contributed by atoms with Crippen molar-refractivity contribution in [2.45, 2.75) is 53.4 Å². The fraction of sp³-hybridized carbons (Fsp3) is 0.400. The van der Waals surface area contributed by atoms with Gasteiger partial charge in [-0.3, -0.25) is 0 Å². The minimum atomic E-state index is -0.639. The second-order valence-corrected chi connectivity index (χ2v) is 13.6. The molecular weight excluding hydrogens is 762 g/mol. The molecule has 0 N–H and O–H groups in total. The van der Waals surface area contributed by atoms with Crippen molar-refractivity contribution in [1.82, 2.24) is 0 Å². The number of hydrogen-bond donors (Lipinski definition) is 0. The third-order valence-corrected chi connectivity index (χ3v) is 3.49. The van der Waals surface area contributed by atoms with Crippen LogP contribution in [0.25, 0.3) is 0 Å². The summed E-state index contributed by atoms with van der Waals surface area (Å²) in [4.78, 5) is 0. The number of aryl methyl sites for hydroxylation is 2. The number of benzene rings is 2. The summed E-state index contributed by atoms with van der Waals surface area (Å²) < 4.78 is 0. The molecule has 0 radical (unpaired) electrons. The molecule has 0 unspecified atom stereocenters. The molecule has 0 nitrogen and oxygen atoms in total. The van der Waals surface area contributed by atoms with Crippen molar-refractivity contribution in [3.63, 3.8) is 0 Å². The van der Waals surface area contributed by atoms with Crippen LogP contribution in [0.15, 0.2) is 48.5 Å². The first-order chi connectivity index (χ1) is 12.2. The van der Waals surface area contributed by atoms with Crippen molar-refractivity contribution in [3.8, 4) is 0 Å². The molecule has 6 heteroatoms. The molecule has 0 saturated heterocycles. The Bertz CT molecular complexity index is 489. The zero-order valence-corrected chi connectivity index (χ0v) is 24.1. The van der Waals surface area contributed by atoms with Gasteiger partial charge >= 0.3 is 69.4 Å². The Morgan fingerprint density at radius 1 is 0.538 bits per heavy atom. The predicted molar refractivity (Wildman–Crippen MR) is 114 cm³/mol. The van der Waals surface area contributed by atoms with Gasteiger partial charge in [0.1, 0.15) is 0 Å². The number of hydrogen-bond acceptors (Lipinski definition) is 0. The van der Waals surface area contributed by atoms with Gasteiger partial charge in [0, 0.05) is 0 Å². The van der Waals surface area contributed by atoms with Gasteiger partial charge in [-0.1, -0.05) is 87.4 Å². The van der Waals surface area contributed by atoms with E-state index in [0.29, 0.717) is 11.8 Å². The summed E-state index contributed by atoms with van der Waals surface area (Å²) in [5.74, 6) is 1.31. The van der Waals surface area contributed by atoms with E-state index in [9.17, 15) is 0 Å². The van der Waals surface area contributed by atoms with Gasteiger partial charge in [0.2, 0.25) is 0 Å². The quantitative estimate of drug-likeness (QED) is 0.285. The fourth-order valence-corrected chi connectivity index (χ4v) is 1.90. The molecule has 26 heavy (non-hydrogen) atoms. The fourth-order valence-electron chi connectivity index (χ4n) is 1.90. The Morgan fingerprint density at radius 3 is 0.885 bits per heavy atom. The molecule has 0 amide bonds. The summed E-state index contributed by atoms with van der Waals surface area (Å²) in [6.45, 7) is 13.1. The molecule has 152 valence electrons. The summed E-state index contributed by atoms with van der Waals surface area (Å²) in [6, 6.07) is 17.4. The topological polar surface area (TPSA) is 0 Å². The van der Waals surface area contributed by atoms with Crippen LogP contribution < -0.4 is 0 Å². The van der Waals surface area contributed by atoms with E-state index in [4.69, 9.17) is 38.6 Å². The van der Waals surface area contributed by atoms with Gasteiger partial charge in [-0.15, -0.1) is 0 Å². The third kappa shape index (κ3) is 17.0. The van der Waals surface area contributed by atoms with Crippen LogP contribution in [0.5, 0.6) is 0 Å². The standard InChI is InChI=1S/2C10H14.4ClH.2Os/c2*1-8(2)10-6-4-9(3)5-7-10;;;;;;/h2*4-8H,1-3H3;4*1H;;/q;;;;;;2*+2/p-4. The first-order valence-corrected chi connectivity index (χ1v) is 20.7. The Morgan fingerprint density at radius 2 is 0.731 bits per heavy atom. The zero-order chi connectivity index (χ0) is 20.5. The van der Waals surface area contributed by atoms with Gasteiger partial charge in [-0.2, -0.15) is 0 Å². The molecule has 0 atom stereocenters. The van der Waals surface area contributed by atoms with E-state index in [0.717, 1.165) is 0 Å². The summed E-state index contributed by atoms with van der Waals surface area (Å²) in [5, 5.41) is 0. The molecule has 0 aliphatic carbocycles. The molecule has 0 aliphatic heterocycles. The van der Waals surface area contributed by atoms with Crippen LogP contribution in [-0.4, -0.2) is 0 Å². The Hall–Kier alpha value is 0.873. The average molecular weight is 791 g/mol. The van der Waals surface area contributed by atoms with Crippen LogP contribution >= 0.6 is 38.6 Å². The SMILES string of the molecule is Cc1ccc(C(C)C)cc1.Cc1ccc(C(C)C)cc1.[Cl][Os][Cl].[Cl][Os][Cl]. The first kappa shape index (κ1) is 29.1. The molecular formula is C20H28Cl4Os2. The molecule has 0 saturated carbocycles. The Kier molecular flexibility index (Phi) is 21.5. The molecule has 2 aromatic rings. The van der Waals surface area contributed by atoms with Crippen molar-refractivity contribution < 1.29 is 30.8 Å². The maximum atomic E-state index is 4.90. The van der Waals surface area contributed by atoms with Crippen LogP contribution in [-0.2, 0) is 30.8 Å². The van der Waals surface area contributed by atoms with Gasteiger partial charge in [0.05, 0.1) is 0 Å². The van der Waals surface area contributed by atoms with Crippen molar-refractivity contribution >= 4 is 38.6 Å². The maximum absolute atomic E-state index is 4.90. The van der Waals surface area contributed by atoms with Crippen LogP contribution in [0, 0.1) is 13.8 Å². The summed E-state index contributed by atoms with van der Waals surface area (Å²) in [7, 11) is 19.6. The molecule has 0 heterocycles. The molecule has 0 spiro atoms. The molecule has 0 fully saturated rings. The second kappa shape index (κ2) is 19.2. The second-order valence-electron chi connectivity index (χ2n) is 6.23. The monoisotopic (exact) mass is 792 g/mol. The van der Waals surface area contributed by atoms with E-state index < -0.39 is 30.8 Å². The van der Waals surface area contributed by atoms with E-state index in [-0.39, 0.29) is 0 Å². The van der Waals surface area contributed by atoms with Crippen molar-refractivity contribution in [1.29, 1.82) is 0 Å². The van der Waals surface area contributed by atoms with Crippen molar-refractivity contribution in [3.05, 3.63) is 70.8 Å². The van der Waals surface area contributed by atoms with Crippen molar-refractivity contribution in [2.75, 3.05) is 0 Å². The van der Waals surface area contributed by atoms with Gasteiger partial charge in [0.25, 0.3) is 0 Å². The van der Waals surface area contributed by atoms with E-state index in [1.807, 2.05) is 0 Å². The van der Waals surface area contributed by atoms with Crippen LogP contribution in [0.3, 0.4) is 0 Å². The third-order valence-electron chi connectivity index (χ3n) is 3.49. The Labute approximate surface area is 192 Å².